The van der Waals surface area contributed by atoms with Gasteiger partial charge in [-0.05, 0) is 30.4 Å². The molecule has 0 amide bonds. The number of hydrogen-bond donors (Lipinski definition) is 1. The van der Waals surface area contributed by atoms with Gasteiger partial charge in [-0.15, -0.1) is 0 Å². The minimum Gasteiger partial charge on any atom is -0.377 e. The number of halogens is 4. The van der Waals surface area contributed by atoms with Crippen LogP contribution in [0.25, 0.3) is 0 Å². The van der Waals surface area contributed by atoms with Gasteiger partial charge in [0.1, 0.15) is 0 Å². The van der Waals surface area contributed by atoms with Crippen molar-refractivity contribution >= 4 is 21.6 Å². The number of alkyl halides is 3. The lowest BCUT2D eigenvalue weighted by Crippen LogP contribution is -2.37. The van der Waals surface area contributed by atoms with E-state index in [1.165, 1.54) is 19.2 Å². The molecule has 0 fully saturated rings. The van der Waals surface area contributed by atoms with Crippen molar-refractivity contribution in [1.82, 2.24) is 5.32 Å². The van der Waals surface area contributed by atoms with Gasteiger partial charge in [-0.25, -0.2) is 0 Å². The maximum Gasteiger partial charge on any atom is 0.401 e. The van der Waals surface area contributed by atoms with Gasteiger partial charge in [-0.3, -0.25) is 10.1 Å². The van der Waals surface area contributed by atoms with Crippen LogP contribution in [0, 0.1) is 10.1 Å². The number of nitro benzene ring substituents is 1. The van der Waals surface area contributed by atoms with Gasteiger partial charge >= 0.3 is 6.18 Å². The van der Waals surface area contributed by atoms with Crippen LogP contribution in [0.3, 0.4) is 0 Å². The lowest BCUT2D eigenvalue weighted by molar-refractivity contribution is -0.385. The molecule has 2 unspecified atom stereocenters. The molecule has 0 saturated carbocycles. The van der Waals surface area contributed by atoms with Crippen LogP contribution in [0.4, 0.5) is 18.9 Å². The molecule has 0 spiro atoms. The maximum absolute atomic E-state index is 12.4. The van der Waals surface area contributed by atoms with Crippen LogP contribution in [0.2, 0.25) is 0 Å². The molecule has 1 aromatic rings. The zero-order chi connectivity index (χ0) is 17.2. The van der Waals surface area contributed by atoms with E-state index < -0.39 is 23.7 Å². The monoisotopic (exact) mass is 396 g/mol. The highest BCUT2D eigenvalue weighted by Gasteiger charge is 2.32. The minimum atomic E-state index is -4.28. The zero-order valence-electron chi connectivity index (χ0n) is 12.3. The maximum atomic E-state index is 12.4. The second kappa shape index (κ2) is 7.14. The second-order valence-corrected chi connectivity index (χ2v) is 6.30. The van der Waals surface area contributed by atoms with Crippen molar-refractivity contribution in [2.45, 2.75) is 37.6 Å². The molecular weight excluding hydrogens is 381 g/mol. The van der Waals surface area contributed by atoms with Crippen molar-refractivity contribution in [1.29, 1.82) is 0 Å². The number of rotatable bonds is 4. The molecule has 1 aliphatic carbocycles. The smallest absolute Gasteiger partial charge is 0.377 e. The van der Waals surface area contributed by atoms with Crippen molar-refractivity contribution < 1.29 is 22.8 Å². The molecule has 2 rings (SSSR count). The first-order chi connectivity index (χ1) is 10.7. The molecule has 5 nitrogen and oxygen atoms in total. The Kier molecular flexibility index (Phi) is 5.64. The Morgan fingerprint density at radius 3 is 2.74 bits per heavy atom. The molecule has 2 atom stereocenters. The molecule has 1 aromatic carbocycles. The van der Waals surface area contributed by atoms with Gasteiger partial charge in [0.05, 0.1) is 17.6 Å². The average molecular weight is 397 g/mol. The molecule has 0 heterocycles. The molecule has 0 radical (unpaired) electrons. The van der Waals surface area contributed by atoms with E-state index in [0.29, 0.717) is 29.3 Å². The first-order valence-electron chi connectivity index (χ1n) is 7.01. The zero-order valence-corrected chi connectivity index (χ0v) is 13.9. The molecule has 0 aromatic heterocycles. The lowest BCUT2D eigenvalue weighted by atomic mass is 10.00. The van der Waals surface area contributed by atoms with Gasteiger partial charge < -0.3 is 10.1 Å². The van der Waals surface area contributed by atoms with E-state index in [-0.39, 0.29) is 11.7 Å². The summed E-state index contributed by atoms with van der Waals surface area (Å²) in [5, 5.41) is 13.5. The Morgan fingerprint density at radius 1 is 1.48 bits per heavy atom. The van der Waals surface area contributed by atoms with Crippen molar-refractivity contribution in [2.24, 2.45) is 0 Å². The molecular formula is C14H16BrF3N2O3. The van der Waals surface area contributed by atoms with E-state index in [1.54, 1.807) is 0 Å². The predicted octanol–water partition coefficient (Wildman–Crippen LogP) is 3.90. The predicted molar refractivity (Wildman–Crippen MR) is 81.3 cm³/mol. The van der Waals surface area contributed by atoms with Crippen molar-refractivity contribution in [3.05, 3.63) is 37.8 Å². The SMILES string of the molecule is COC1CC(NCC(F)(F)F)CCc2c(Br)cc([N+](=O)[O-])cc21. The fourth-order valence-corrected chi connectivity index (χ4v) is 3.45. The summed E-state index contributed by atoms with van der Waals surface area (Å²) in [4.78, 5) is 10.5. The number of ether oxygens (including phenoxy) is 1. The Bertz CT molecular complexity index is 595. The third-order valence-electron chi connectivity index (χ3n) is 3.89. The Morgan fingerprint density at radius 2 is 2.17 bits per heavy atom. The Hall–Kier alpha value is -1.19. The van der Waals surface area contributed by atoms with Crippen molar-refractivity contribution in [3.63, 3.8) is 0 Å². The van der Waals surface area contributed by atoms with Crippen LogP contribution in [0.5, 0.6) is 0 Å². The summed E-state index contributed by atoms with van der Waals surface area (Å²) in [6, 6.07) is 2.48. The molecule has 9 heteroatoms. The van der Waals surface area contributed by atoms with Crippen molar-refractivity contribution in [3.8, 4) is 0 Å². The van der Waals surface area contributed by atoms with Gasteiger partial charge in [-0.2, -0.15) is 13.2 Å². The standard InChI is InChI=1S/C14H16BrF3N2O3/c1-23-13-4-8(19-7-14(16,17)18)2-3-10-11(13)5-9(20(21)22)6-12(10)15/h5-6,8,13,19H,2-4,7H2,1H3. The molecule has 0 aliphatic heterocycles. The van der Waals surface area contributed by atoms with E-state index in [9.17, 15) is 23.3 Å². The quantitative estimate of drug-likeness (QED) is 0.476. The second-order valence-electron chi connectivity index (χ2n) is 5.44. The summed E-state index contributed by atoms with van der Waals surface area (Å²) in [5.74, 6) is 0. The summed E-state index contributed by atoms with van der Waals surface area (Å²) < 4.78 is 43.1. The van der Waals surface area contributed by atoms with Gasteiger partial charge in [0.15, 0.2) is 0 Å². The van der Waals surface area contributed by atoms with Crippen LogP contribution in [0.1, 0.15) is 30.1 Å². The van der Waals surface area contributed by atoms with E-state index >= 15 is 0 Å². The molecule has 0 saturated heterocycles. The molecule has 128 valence electrons. The number of fused-ring (bicyclic) bond motifs is 1. The normalized spacial score (nSPS) is 21.6. The highest BCUT2D eigenvalue weighted by molar-refractivity contribution is 9.10. The number of hydrogen-bond acceptors (Lipinski definition) is 4. The minimum absolute atomic E-state index is 0.0700. The van der Waals surface area contributed by atoms with Crippen LogP contribution in [-0.2, 0) is 11.2 Å². The van der Waals surface area contributed by atoms with E-state index in [2.05, 4.69) is 21.2 Å². The van der Waals surface area contributed by atoms with Crippen LogP contribution >= 0.6 is 15.9 Å². The van der Waals surface area contributed by atoms with E-state index in [1.807, 2.05) is 0 Å². The van der Waals surface area contributed by atoms with Gasteiger partial charge in [0.25, 0.3) is 5.69 Å². The summed E-state index contributed by atoms with van der Waals surface area (Å²) in [6.07, 6.45) is -3.42. The molecule has 0 bridgehead atoms. The van der Waals surface area contributed by atoms with E-state index in [0.717, 1.165) is 5.56 Å². The third-order valence-corrected chi connectivity index (χ3v) is 4.60. The summed E-state index contributed by atoms with van der Waals surface area (Å²) in [7, 11) is 1.45. The highest BCUT2D eigenvalue weighted by Crippen LogP contribution is 2.38. The average Bonchev–Trinajstić information content (AvgIpc) is 2.64. The first-order valence-corrected chi connectivity index (χ1v) is 7.80. The van der Waals surface area contributed by atoms with Crippen LogP contribution < -0.4 is 5.32 Å². The number of nitro groups is 1. The first kappa shape index (κ1) is 18.2. The largest absolute Gasteiger partial charge is 0.401 e. The molecule has 23 heavy (non-hydrogen) atoms. The van der Waals surface area contributed by atoms with Crippen LogP contribution in [-0.4, -0.2) is 30.8 Å². The lowest BCUT2D eigenvalue weighted by Gasteiger charge is -2.22. The van der Waals surface area contributed by atoms with Gasteiger partial charge in [-0.1, -0.05) is 15.9 Å². The van der Waals surface area contributed by atoms with Crippen LogP contribution in [0.15, 0.2) is 16.6 Å². The topological polar surface area (TPSA) is 64.4 Å². The highest BCUT2D eigenvalue weighted by atomic mass is 79.9. The third kappa shape index (κ3) is 4.65. The fraction of sp³-hybridized carbons (Fsp3) is 0.571. The number of methoxy groups -OCH3 is 1. The number of nitrogens with one attached hydrogen (secondary N) is 1. The van der Waals surface area contributed by atoms with Crippen molar-refractivity contribution in [2.75, 3.05) is 13.7 Å². The number of benzene rings is 1. The van der Waals surface area contributed by atoms with E-state index in [4.69, 9.17) is 4.74 Å². The van der Waals surface area contributed by atoms with Gasteiger partial charge in [0.2, 0.25) is 0 Å². The summed E-state index contributed by atoms with van der Waals surface area (Å²) >= 11 is 3.32. The van der Waals surface area contributed by atoms with Gasteiger partial charge in [0, 0.05) is 29.8 Å². The summed E-state index contributed by atoms with van der Waals surface area (Å²) in [6.45, 7) is -1.06. The summed E-state index contributed by atoms with van der Waals surface area (Å²) in [5.41, 5.74) is 1.43. The molecule has 1 aliphatic rings. The Labute approximate surface area is 139 Å². The Balaban J connectivity index is 2.26. The molecule has 1 N–H and O–H groups in total. The number of non-ortho nitro benzene ring substituents is 1. The number of nitrogens with zero attached hydrogens (tertiary/aromatic N) is 1. The fourth-order valence-electron chi connectivity index (χ4n) is 2.79.